The number of hydrogen-bond acceptors (Lipinski definition) is 3. The smallest absolute Gasteiger partial charge is 0.246 e. The van der Waals surface area contributed by atoms with E-state index in [4.69, 9.17) is 9.47 Å². The third-order valence-electron chi connectivity index (χ3n) is 3.60. The van der Waals surface area contributed by atoms with Gasteiger partial charge >= 0.3 is 0 Å². The molecule has 0 aliphatic heterocycles. The van der Waals surface area contributed by atoms with Crippen molar-refractivity contribution in [2.45, 2.75) is 18.3 Å². The Balaban J connectivity index is 1.76. The number of ether oxygens (including phenoxy) is 2. The Kier molecular flexibility index (Phi) is 5.09. The molecule has 110 valence electrons. The first kappa shape index (κ1) is 14.9. The van der Waals surface area contributed by atoms with Crippen molar-refractivity contribution in [1.82, 2.24) is 5.32 Å². The van der Waals surface area contributed by atoms with Gasteiger partial charge in [-0.2, -0.15) is 0 Å². The predicted molar refractivity (Wildman–Crippen MR) is 73.0 cm³/mol. The van der Waals surface area contributed by atoms with Crippen LogP contribution in [0, 0.1) is 5.82 Å². The molecule has 1 aromatic carbocycles. The molecule has 0 heterocycles. The van der Waals surface area contributed by atoms with E-state index in [0.29, 0.717) is 19.8 Å². The second-order valence-electron chi connectivity index (χ2n) is 5.11. The number of carbonyl (C=O) groups excluding carboxylic acids is 1. The summed E-state index contributed by atoms with van der Waals surface area (Å²) in [4.78, 5) is 11.6. The predicted octanol–water partition coefficient (Wildman–Crippen LogP) is 1.64. The van der Waals surface area contributed by atoms with Gasteiger partial charge < -0.3 is 14.8 Å². The highest BCUT2D eigenvalue weighted by molar-refractivity contribution is 5.77. The summed E-state index contributed by atoms with van der Waals surface area (Å²) in [5, 5.41) is 2.88. The average Bonchev–Trinajstić information content (AvgIpc) is 3.23. The van der Waals surface area contributed by atoms with E-state index in [9.17, 15) is 9.18 Å². The van der Waals surface area contributed by atoms with Crippen molar-refractivity contribution >= 4 is 5.91 Å². The largest absolute Gasteiger partial charge is 0.382 e. The molecule has 1 amide bonds. The Morgan fingerprint density at radius 1 is 1.30 bits per heavy atom. The molecule has 0 saturated heterocycles. The number of rotatable bonds is 8. The van der Waals surface area contributed by atoms with Gasteiger partial charge in [0.1, 0.15) is 12.4 Å². The molecule has 0 radical (unpaired) electrons. The zero-order valence-electron chi connectivity index (χ0n) is 11.7. The molecule has 1 saturated carbocycles. The SMILES string of the molecule is COCCOCC(=O)NCC1(c2ccc(F)cc2)CC1. The Hall–Kier alpha value is -1.46. The van der Waals surface area contributed by atoms with Gasteiger partial charge in [-0.25, -0.2) is 4.39 Å². The van der Waals surface area contributed by atoms with Gasteiger partial charge in [-0.1, -0.05) is 12.1 Å². The van der Waals surface area contributed by atoms with E-state index in [1.54, 1.807) is 19.2 Å². The van der Waals surface area contributed by atoms with E-state index in [1.807, 2.05) is 0 Å². The van der Waals surface area contributed by atoms with Gasteiger partial charge in [0.2, 0.25) is 5.91 Å². The third-order valence-corrected chi connectivity index (χ3v) is 3.60. The van der Waals surface area contributed by atoms with Gasteiger partial charge in [0, 0.05) is 19.1 Å². The molecule has 0 bridgehead atoms. The molecule has 0 unspecified atom stereocenters. The molecule has 1 aliphatic carbocycles. The summed E-state index contributed by atoms with van der Waals surface area (Å²) in [6.07, 6.45) is 2.03. The number of nitrogens with one attached hydrogen (secondary N) is 1. The second-order valence-corrected chi connectivity index (χ2v) is 5.11. The Labute approximate surface area is 118 Å². The van der Waals surface area contributed by atoms with Crippen molar-refractivity contribution in [1.29, 1.82) is 0 Å². The van der Waals surface area contributed by atoms with Crippen LogP contribution in [0.1, 0.15) is 18.4 Å². The van der Waals surface area contributed by atoms with E-state index in [1.165, 1.54) is 12.1 Å². The van der Waals surface area contributed by atoms with Crippen molar-refractivity contribution in [2.24, 2.45) is 0 Å². The van der Waals surface area contributed by atoms with Crippen LogP contribution in [0.3, 0.4) is 0 Å². The molecule has 0 atom stereocenters. The Morgan fingerprint density at radius 3 is 2.60 bits per heavy atom. The average molecular weight is 281 g/mol. The minimum Gasteiger partial charge on any atom is -0.382 e. The summed E-state index contributed by atoms with van der Waals surface area (Å²) < 4.78 is 22.9. The maximum atomic E-state index is 12.9. The second kappa shape index (κ2) is 6.81. The normalized spacial score (nSPS) is 15.9. The number of halogens is 1. The van der Waals surface area contributed by atoms with E-state index in [0.717, 1.165) is 18.4 Å². The van der Waals surface area contributed by atoms with Crippen LogP contribution in [0.5, 0.6) is 0 Å². The molecule has 1 aliphatic rings. The molecular weight excluding hydrogens is 261 g/mol. The van der Waals surface area contributed by atoms with E-state index in [-0.39, 0.29) is 23.7 Å². The van der Waals surface area contributed by atoms with E-state index < -0.39 is 0 Å². The molecule has 2 rings (SSSR count). The minimum atomic E-state index is -0.236. The fourth-order valence-corrected chi connectivity index (χ4v) is 2.15. The van der Waals surface area contributed by atoms with Gasteiger partial charge in [0.05, 0.1) is 13.2 Å². The Bertz CT molecular complexity index is 443. The lowest BCUT2D eigenvalue weighted by molar-refractivity contribution is -0.126. The lowest BCUT2D eigenvalue weighted by Gasteiger charge is -2.16. The summed E-state index contributed by atoms with van der Waals surface area (Å²) in [6, 6.07) is 6.52. The summed E-state index contributed by atoms with van der Waals surface area (Å²) in [7, 11) is 1.59. The lowest BCUT2D eigenvalue weighted by atomic mass is 9.96. The van der Waals surface area contributed by atoms with Gasteiger partial charge in [-0.15, -0.1) is 0 Å². The molecule has 20 heavy (non-hydrogen) atoms. The maximum Gasteiger partial charge on any atom is 0.246 e. The molecule has 4 nitrogen and oxygen atoms in total. The standard InChI is InChI=1S/C15H20FNO3/c1-19-8-9-20-10-14(18)17-11-15(6-7-15)12-2-4-13(16)5-3-12/h2-5H,6-11H2,1H3,(H,17,18). The quantitative estimate of drug-likeness (QED) is 0.737. The summed E-state index contributed by atoms with van der Waals surface area (Å²) in [5.41, 5.74) is 1.06. The van der Waals surface area contributed by atoms with Crippen LogP contribution in [0.4, 0.5) is 4.39 Å². The van der Waals surface area contributed by atoms with Crippen LogP contribution < -0.4 is 5.32 Å². The monoisotopic (exact) mass is 281 g/mol. The summed E-state index contributed by atoms with van der Waals surface area (Å²) >= 11 is 0. The molecule has 1 fully saturated rings. The van der Waals surface area contributed by atoms with Crippen molar-refractivity contribution in [3.05, 3.63) is 35.6 Å². The van der Waals surface area contributed by atoms with Crippen molar-refractivity contribution in [3.63, 3.8) is 0 Å². The molecule has 1 aromatic rings. The lowest BCUT2D eigenvalue weighted by Crippen LogP contribution is -2.34. The topological polar surface area (TPSA) is 47.6 Å². The van der Waals surface area contributed by atoms with Crippen LogP contribution in [0.25, 0.3) is 0 Å². The van der Waals surface area contributed by atoms with E-state index >= 15 is 0 Å². The van der Waals surface area contributed by atoms with Crippen molar-refractivity contribution < 1.29 is 18.7 Å². The van der Waals surface area contributed by atoms with Gasteiger partial charge in [0.15, 0.2) is 0 Å². The number of carbonyl (C=O) groups is 1. The molecule has 0 spiro atoms. The first-order chi connectivity index (χ1) is 9.66. The van der Waals surface area contributed by atoms with Crippen LogP contribution in [0.2, 0.25) is 0 Å². The molecular formula is C15H20FNO3. The number of methoxy groups -OCH3 is 1. The van der Waals surface area contributed by atoms with Gasteiger partial charge in [-0.3, -0.25) is 4.79 Å². The number of hydrogen-bond donors (Lipinski definition) is 1. The summed E-state index contributed by atoms with van der Waals surface area (Å²) in [5.74, 6) is -0.366. The fraction of sp³-hybridized carbons (Fsp3) is 0.533. The number of amides is 1. The molecule has 0 aromatic heterocycles. The van der Waals surface area contributed by atoms with Crippen molar-refractivity contribution in [3.8, 4) is 0 Å². The van der Waals surface area contributed by atoms with Crippen LogP contribution >= 0.6 is 0 Å². The molecule has 5 heteroatoms. The van der Waals surface area contributed by atoms with Gasteiger partial charge in [0.25, 0.3) is 0 Å². The summed E-state index contributed by atoms with van der Waals surface area (Å²) in [6.45, 7) is 1.51. The molecule has 1 N–H and O–H groups in total. The van der Waals surface area contributed by atoms with Crippen molar-refractivity contribution in [2.75, 3.05) is 33.5 Å². The van der Waals surface area contributed by atoms with E-state index in [2.05, 4.69) is 5.32 Å². The highest BCUT2D eigenvalue weighted by Gasteiger charge is 2.44. The fourth-order valence-electron chi connectivity index (χ4n) is 2.15. The zero-order valence-corrected chi connectivity index (χ0v) is 11.7. The first-order valence-corrected chi connectivity index (χ1v) is 6.76. The number of benzene rings is 1. The zero-order chi connectivity index (χ0) is 14.4. The maximum absolute atomic E-state index is 12.9. The van der Waals surface area contributed by atoms with Gasteiger partial charge in [-0.05, 0) is 30.5 Å². The van der Waals surface area contributed by atoms with Crippen LogP contribution in [-0.2, 0) is 19.7 Å². The van der Waals surface area contributed by atoms with Crippen LogP contribution in [0.15, 0.2) is 24.3 Å². The first-order valence-electron chi connectivity index (χ1n) is 6.76. The van der Waals surface area contributed by atoms with Crippen LogP contribution in [-0.4, -0.2) is 39.4 Å². The highest BCUT2D eigenvalue weighted by atomic mass is 19.1. The Morgan fingerprint density at radius 2 is 2.00 bits per heavy atom. The third kappa shape index (κ3) is 4.02. The highest BCUT2D eigenvalue weighted by Crippen LogP contribution is 2.47. The minimum absolute atomic E-state index is 0.0180.